The summed E-state index contributed by atoms with van der Waals surface area (Å²) < 4.78 is 5.53. The zero-order valence-electron chi connectivity index (χ0n) is 11.2. The summed E-state index contributed by atoms with van der Waals surface area (Å²) in [7, 11) is 0. The fourth-order valence-electron chi connectivity index (χ4n) is 3.07. The normalized spacial score (nSPS) is 27.2. The van der Waals surface area contributed by atoms with Crippen molar-refractivity contribution in [2.45, 2.75) is 25.7 Å². The molecule has 2 aliphatic rings. The molecule has 0 radical (unpaired) electrons. The third-order valence-corrected chi connectivity index (χ3v) is 4.30. The van der Waals surface area contributed by atoms with Crippen LogP contribution in [0.4, 0.5) is 0 Å². The second-order valence-corrected chi connectivity index (χ2v) is 5.69. The molecule has 0 N–H and O–H groups in total. The Morgan fingerprint density at radius 3 is 3.05 bits per heavy atom. The molecule has 3 heterocycles. The van der Waals surface area contributed by atoms with E-state index in [-0.39, 0.29) is 11.3 Å². The zero-order valence-corrected chi connectivity index (χ0v) is 11.2. The number of hydrogen-bond acceptors (Lipinski definition) is 3. The van der Waals surface area contributed by atoms with Crippen LogP contribution in [0.5, 0.6) is 0 Å². The van der Waals surface area contributed by atoms with Gasteiger partial charge in [0, 0.05) is 49.8 Å². The maximum atomic E-state index is 12.0. The molecule has 2 fully saturated rings. The molecule has 19 heavy (non-hydrogen) atoms. The molecule has 1 atom stereocenters. The Hall–Kier alpha value is -1.42. The molecule has 1 aromatic rings. The van der Waals surface area contributed by atoms with Gasteiger partial charge in [0.05, 0.1) is 6.61 Å². The molecule has 1 spiro atoms. The van der Waals surface area contributed by atoms with Crippen LogP contribution in [-0.4, -0.2) is 42.1 Å². The number of nitrogens with zero attached hydrogens (tertiary/aromatic N) is 2. The van der Waals surface area contributed by atoms with Crippen molar-refractivity contribution < 1.29 is 9.53 Å². The van der Waals surface area contributed by atoms with E-state index in [1.807, 2.05) is 23.1 Å². The van der Waals surface area contributed by atoms with Gasteiger partial charge in [-0.05, 0) is 25.0 Å². The first-order valence-electron chi connectivity index (χ1n) is 7.03. The van der Waals surface area contributed by atoms with Gasteiger partial charge in [-0.3, -0.25) is 9.78 Å². The number of rotatable bonds is 3. The fourth-order valence-corrected chi connectivity index (χ4v) is 3.07. The molecule has 4 heteroatoms. The predicted octanol–water partition coefficient (Wildman–Crippen LogP) is 1.65. The third-order valence-electron chi connectivity index (χ3n) is 4.30. The van der Waals surface area contributed by atoms with Gasteiger partial charge in [-0.25, -0.2) is 0 Å². The Balaban J connectivity index is 1.61. The Morgan fingerprint density at radius 2 is 2.32 bits per heavy atom. The highest BCUT2D eigenvalue weighted by atomic mass is 16.5. The lowest BCUT2D eigenvalue weighted by Crippen LogP contribution is -2.47. The highest BCUT2D eigenvalue weighted by Gasteiger charge is 2.41. The molecular weight excluding hydrogens is 240 g/mol. The number of carbonyl (C=O) groups is 1. The molecule has 2 aliphatic heterocycles. The van der Waals surface area contributed by atoms with Crippen LogP contribution in [0.15, 0.2) is 24.4 Å². The van der Waals surface area contributed by atoms with Crippen LogP contribution in [0.1, 0.15) is 25.0 Å². The number of aromatic nitrogens is 1. The molecule has 3 rings (SSSR count). The molecule has 1 amide bonds. The van der Waals surface area contributed by atoms with Gasteiger partial charge < -0.3 is 9.64 Å². The minimum atomic E-state index is 0.234. The standard InChI is InChI=1S/C15H20N2O2/c18-14-4-6-15(7-10-19-12-15)11-17(14)9-5-13-3-1-2-8-16-13/h1-3,8H,4-7,9-12H2. The Labute approximate surface area is 113 Å². The van der Waals surface area contributed by atoms with E-state index in [0.717, 1.165) is 51.3 Å². The number of likely N-dealkylation sites (tertiary alicyclic amines) is 1. The van der Waals surface area contributed by atoms with Crippen molar-refractivity contribution in [3.05, 3.63) is 30.1 Å². The minimum absolute atomic E-state index is 0.234. The molecule has 0 aromatic carbocycles. The summed E-state index contributed by atoms with van der Waals surface area (Å²) in [6, 6.07) is 5.93. The van der Waals surface area contributed by atoms with Crippen LogP contribution in [0.25, 0.3) is 0 Å². The van der Waals surface area contributed by atoms with Gasteiger partial charge in [-0.2, -0.15) is 0 Å². The lowest BCUT2D eigenvalue weighted by Gasteiger charge is -2.39. The summed E-state index contributed by atoms with van der Waals surface area (Å²) >= 11 is 0. The quantitative estimate of drug-likeness (QED) is 0.830. The Bertz CT molecular complexity index is 441. The van der Waals surface area contributed by atoms with E-state index in [1.54, 1.807) is 6.20 Å². The van der Waals surface area contributed by atoms with Gasteiger partial charge in [0.2, 0.25) is 5.91 Å². The number of piperidine rings is 1. The summed E-state index contributed by atoms with van der Waals surface area (Å²) in [6.45, 7) is 3.30. The molecule has 2 saturated heterocycles. The van der Waals surface area contributed by atoms with E-state index in [9.17, 15) is 4.79 Å². The van der Waals surface area contributed by atoms with Crippen molar-refractivity contribution in [2.75, 3.05) is 26.3 Å². The van der Waals surface area contributed by atoms with Crippen molar-refractivity contribution in [3.8, 4) is 0 Å². The molecule has 0 bridgehead atoms. The maximum absolute atomic E-state index is 12.0. The van der Waals surface area contributed by atoms with Crippen LogP contribution >= 0.6 is 0 Å². The smallest absolute Gasteiger partial charge is 0.222 e. The van der Waals surface area contributed by atoms with Crippen LogP contribution in [0, 0.1) is 5.41 Å². The first kappa shape index (κ1) is 12.6. The van der Waals surface area contributed by atoms with E-state index < -0.39 is 0 Å². The third kappa shape index (κ3) is 2.78. The lowest BCUT2D eigenvalue weighted by atomic mass is 9.79. The van der Waals surface area contributed by atoms with Crippen LogP contribution < -0.4 is 0 Å². The highest BCUT2D eigenvalue weighted by Crippen LogP contribution is 2.37. The van der Waals surface area contributed by atoms with E-state index in [0.29, 0.717) is 6.42 Å². The first-order chi connectivity index (χ1) is 9.27. The van der Waals surface area contributed by atoms with Crippen LogP contribution in [0.3, 0.4) is 0 Å². The van der Waals surface area contributed by atoms with Crippen molar-refractivity contribution in [2.24, 2.45) is 5.41 Å². The number of ether oxygens (including phenoxy) is 1. The van der Waals surface area contributed by atoms with Gasteiger partial charge in [-0.1, -0.05) is 6.07 Å². The predicted molar refractivity (Wildman–Crippen MR) is 71.6 cm³/mol. The second-order valence-electron chi connectivity index (χ2n) is 5.69. The van der Waals surface area contributed by atoms with Crippen molar-refractivity contribution in [3.63, 3.8) is 0 Å². The van der Waals surface area contributed by atoms with Crippen molar-refractivity contribution in [1.29, 1.82) is 0 Å². The first-order valence-corrected chi connectivity index (χ1v) is 7.03. The van der Waals surface area contributed by atoms with E-state index in [2.05, 4.69) is 4.98 Å². The van der Waals surface area contributed by atoms with E-state index >= 15 is 0 Å². The highest BCUT2D eigenvalue weighted by molar-refractivity contribution is 5.77. The summed E-state index contributed by atoms with van der Waals surface area (Å²) in [4.78, 5) is 18.3. The number of pyridine rings is 1. The van der Waals surface area contributed by atoms with Crippen LogP contribution in [-0.2, 0) is 16.0 Å². The monoisotopic (exact) mass is 260 g/mol. The minimum Gasteiger partial charge on any atom is -0.381 e. The molecule has 1 unspecified atom stereocenters. The molecule has 0 aliphatic carbocycles. The average Bonchev–Trinajstić information content (AvgIpc) is 2.90. The summed E-state index contributed by atoms with van der Waals surface area (Å²) in [5.74, 6) is 0.286. The van der Waals surface area contributed by atoms with Gasteiger partial charge in [0.15, 0.2) is 0 Å². The summed E-state index contributed by atoms with van der Waals surface area (Å²) in [6.07, 6.45) is 5.40. The maximum Gasteiger partial charge on any atom is 0.222 e. The fraction of sp³-hybridized carbons (Fsp3) is 0.600. The number of carbonyl (C=O) groups excluding carboxylic acids is 1. The van der Waals surface area contributed by atoms with Gasteiger partial charge in [-0.15, -0.1) is 0 Å². The lowest BCUT2D eigenvalue weighted by molar-refractivity contribution is -0.137. The molecule has 4 nitrogen and oxygen atoms in total. The second kappa shape index (κ2) is 5.29. The van der Waals surface area contributed by atoms with Gasteiger partial charge >= 0.3 is 0 Å². The average molecular weight is 260 g/mol. The SMILES string of the molecule is O=C1CCC2(CCOC2)CN1CCc1ccccn1. The molecule has 1 aromatic heterocycles. The topological polar surface area (TPSA) is 42.4 Å². The molecular formula is C15H20N2O2. The van der Waals surface area contributed by atoms with E-state index in [4.69, 9.17) is 4.74 Å². The number of amides is 1. The Kier molecular flexibility index (Phi) is 3.51. The molecule has 102 valence electrons. The van der Waals surface area contributed by atoms with Crippen LogP contribution in [0.2, 0.25) is 0 Å². The summed E-state index contributed by atoms with van der Waals surface area (Å²) in [5, 5.41) is 0. The van der Waals surface area contributed by atoms with Gasteiger partial charge in [0.1, 0.15) is 0 Å². The van der Waals surface area contributed by atoms with Gasteiger partial charge in [0.25, 0.3) is 0 Å². The zero-order chi connectivity index (χ0) is 13.1. The molecule has 0 saturated carbocycles. The largest absolute Gasteiger partial charge is 0.381 e. The van der Waals surface area contributed by atoms with Crippen molar-refractivity contribution in [1.82, 2.24) is 9.88 Å². The number of hydrogen-bond donors (Lipinski definition) is 0. The summed E-state index contributed by atoms with van der Waals surface area (Å²) in [5.41, 5.74) is 1.29. The van der Waals surface area contributed by atoms with Crippen molar-refractivity contribution >= 4 is 5.91 Å². The Morgan fingerprint density at radius 1 is 1.37 bits per heavy atom. The van der Waals surface area contributed by atoms with E-state index in [1.165, 1.54) is 0 Å².